The minimum absolute atomic E-state index is 0.163. The van der Waals surface area contributed by atoms with Crippen molar-refractivity contribution in [2.24, 2.45) is 0 Å². The fraction of sp³-hybridized carbons (Fsp3) is 0.467. The number of likely N-dealkylation sites (N-methyl/N-ethyl adjacent to an activating group) is 1. The molecule has 1 aromatic rings. The fourth-order valence-electron chi connectivity index (χ4n) is 2.28. The summed E-state index contributed by atoms with van der Waals surface area (Å²) in [5, 5.41) is 2.40. The van der Waals surface area contributed by atoms with E-state index in [2.05, 4.69) is 36.4 Å². The van der Waals surface area contributed by atoms with E-state index in [1.807, 2.05) is 12.1 Å². The first-order chi connectivity index (χ1) is 9.06. The van der Waals surface area contributed by atoms with Gasteiger partial charge in [-0.05, 0) is 38.1 Å². The van der Waals surface area contributed by atoms with E-state index in [4.69, 9.17) is 0 Å². The molecule has 1 aromatic carbocycles. The van der Waals surface area contributed by atoms with Crippen LogP contribution >= 0.6 is 0 Å². The molecule has 4 nitrogen and oxygen atoms in total. The number of carbonyl (C=O) groups excluding carboxylic acids is 2. The van der Waals surface area contributed by atoms with Gasteiger partial charge in [-0.25, -0.2) is 0 Å². The molecule has 1 fully saturated rings. The van der Waals surface area contributed by atoms with Gasteiger partial charge in [-0.15, -0.1) is 0 Å². The normalized spacial score (nSPS) is 19.6. The molecule has 1 unspecified atom stereocenters. The Morgan fingerprint density at radius 2 is 1.89 bits per heavy atom. The number of hydrogen-bond acceptors (Lipinski definition) is 3. The average molecular weight is 260 g/mol. The Kier molecular flexibility index (Phi) is 4.32. The number of imide groups is 1. The molecule has 0 aliphatic carbocycles. The van der Waals surface area contributed by atoms with Gasteiger partial charge in [0.2, 0.25) is 11.8 Å². The molecule has 19 heavy (non-hydrogen) atoms. The van der Waals surface area contributed by atoms with E-state index < -0.39 is 0 Å². The van der Waals surface area contributed by atoms with Gasteiger partial charge in [0, 0.05) is 13.0 Å². The fourth-order valence-corrected chi connectivity index (χ4v) is 2.28. The largest absolute Gasteiger partial charge is 0.309 e. The van der Waals surface area contributed by atoms with E-state index in [1.165, 1.54) is 5.56 Å². The van der Waals surface area contributed by atoms with E-state index in [0.29, 0.717) is 12.8 Å². The van der Waals surface area contributed by atoms with Crippen LogP contribution in [0.5, 0.6) is 0 Å². The summed E-state index contributed by atoms with van der Waals surface area (Å²) >= 11 is 0. The summed E-state index contributed by atoms with van der Waals surface area (Å²) < 4.78 is 0. The van der Waals surface area contributed by atoms with Crippen LogP contribution in [0.2, 0.25) is 0 Å². The summed E-state index contributed by atoms with van der Waals surface area (Å²) in [5.74, 6) is -0.512. The molecule has 0 spiro atoms. The maximum absolute atomic E-state index is 11.8. The molecule has 0 radical (unpaired) electrons. The predicted octanol–water partition coefficient (Wildman–Crippen LogP) is 1.31. The Bertz CT molecular complexity index is 466. The Labute approximate surface area is 113 Å². The molecule has 1 aliphatic heterocycles. The van der Waals surface area contributed by atoms with Crippen molar-refractivity contribution < 1.29 is 9.59 Å². The lowest BCUT2D eigenvalue weighted by atomic mass is 9.90. The zero-order chi connectivity index (χ0) is 13.8. The van der Waals surface area contributed by atoms with Crippen molar-refractivity contribution in [3.63, 3.8) is 0 Å². The Hall–Kier alpha value is -1.68. The average Bonchev–Trinajstić information content (AvgIpc) is 2.37. The van der Waals surface area contributed by atoms with Crippen LogP contribution in [0.4, 0.5) is 0 Å². The third kappa shape index (κ3) is 3.64. The van der Waals surface area contributed by atoms with Gasteiger partial charge in [-0.3, -0.25) is 14.9 Å². The summed E-state index contributed by atoms with van der Waals surface area (Å²) in [7, 11) is 4.11. The van der Waals surface area contributed by atoms with Gasteiger partial charge in [0.1, 0.15) is 0 Å². The number of carbonyl (C=O) groups is 2. The second-order valence-corrected chi connectivity index (χ2v) is 5.30. The summed E-state index contributed by atoms with van der Waals surface area (Å²) in [6.07, 6.45) is 2.04. The molecule has 1 saturated heterocycles. The quantitative estimate of drug-likeness (QED) is 0.830. The first-order valence-electron chi connectivity index (χ1n) is 6.63. The van der Waals surface area contributed by atoms with Crippen molar-refractivity contribution in [2.45, 2.75) is 25.2 Å². The minimum Gasteiger partial charge on any atom is -0.309 e. The van der Waals surface area contributed by atoms with Crippen LogP contribution < -0.4 is 5.32 Å². The number of amides is 2. The molecule has 0 aromatic heterocycles. The monoisotopic (exact) mass is 260 g/mol. The van der Waals surface area contributed by atoms with Gasteiger partial charge in [0.15, 0.2) is 0 Å². The second kappa shape index (κ2) is 5.97. The number of piperidine rings is 1. The van der Waals surface area contributed by atoms with E-state index in [9.17, 15) is 9.59 Å². The lowest BCUT2D eigenvalue weighted by molar-refractivity contribution is -0.134. The standard InChI is InChI=1S/C15H20N2O2/c1-17(2)10-9-11-3-5-12(6-4-11)13-7-8-14(18)16-15(13)19/h3-6,13H,7-10H2,1-2H3,(H,16,18,19). The maximum atomic E-state index is 11.8. The summed E-state index contributed by atoms with van der Waals surface area (Å²) in [6, 6.07) is 8.15. The van der Waals surface area contributed by atoms with Crippen molar-refractivity contribution in [3.05, 3.63) is 35.4 Å². The van der Waals surface area contributed by atoms with Crippen LogP contribution in [0.25, 0.3) is 0 Å². The van der Waals surface area contributed by atoms with E-state index >= 15 is 0 Å². The van der Waals surface area contributed by atoms with Crippen molar-refractivity contribution >= 4 is 11.8 Å². The van der Waals surface area contributed by atoms with Crippen LogP contribution in [0, 0.1) is 0 Å². The third-order valence-electron chi connectivity index (χ3n) is 3.47. The second-order valence-electron chi connectivity index (χ2n) is 5.30. The highest BCUT2D eigenvalue weighted by Crippen LogP contribution is 2.24. The number of rotatable bonds is 4. The van der Waals surface area contributed by atoms with Crippen molar-refractivity contribution in [1.29, 1.82) is 0 Å². The Balaban J connectivity index is 2.01. The molecule has 102 valence electrons. The van der Waals surface area contributed by atoms with Gasteiger partial charge < -0.3 is 4.90 Å². The number of nitrogens with one attached hydrogen (secondary N) is 1. The Morgan fingerprint density at radius 3 is 2.47 bits per heavy atom. The molecule has 1 atom stereocenters. The first kappa shape index (κ1) is 13.7. The van der Waals surface area contributed by atoms with Crippen molar-refractivity contribution in [3.8, 4) is 0 Å². The zero-order valence-electron chi connectivity index (χ0n) is 11.5. The minimum atomic E-state index is -0.180. The van der Waals surface area contributed by atoms with Crippen LogP contribution in [-0.4, -0.2) is 37.4 Å². The van der Waals surface area contributed by atoms with Gasteiger partial charge in [-0.1, -0.05) is 24.3 Å². The van der Waals surface area contributed by atoms with E-state index in [1.54, 1.807) is 0 Å². The van der Waals surface area contributed by atoms with E-state index in [-0.39, 0.29) is 17.7 Å². The smallest absolute Gasteiger partial charge is 0.234 e. The number of hydrogen-bond donors (Lipinski definition) is 1. The lowest BCUT2D eigenvalue weighted by Crippen LogP contribution is -2.39. The zero-order valence-corrected chi connectivity index (χ0v) is 11.5. The van der Waals surface area contributed by atoms with Gasteiger partial charge in [0.05, 0.1) is 5.92 Å². The molecule has 4 heteroatoms. The molecule has 2 rings (SSSR count). The number of nitrogens with zero attached hydrogens (tertiary/aromatic N) is 1. The summed E-state index contributed by atoms with van der Waals surface area (Å²) in [5.41, 5.74) is 2.27. The highest BCUT2D eigenvalue weighted by atomic mass is 16.2. The van der Waals surface area contributed by atoms with Crippen LogP contribution in [-0.2, 0) is 16.0 Å². The molecular formula is C15H20N2O2. The van der Waals surface area contributed by atoms with Crippen molar-refractivity contribution in [2.75, 3.05) is 20.6 Å². The molecule has 1 aliphatic rings. The molecule has 1 heterocycles. The van der Waals surface area contributed by atoms with Gasteiger partial charge in [-0.2, -0.15) is 0 Å². The summed E-state index contributed by atoms with van der Waals surface area (Å²) in [6.45, 7) is 1.01. The van der Waals surface area contributed by atoms with Crippen LogP contribution in [0.15, 0.2) is 24.3 Å². The highest BCUT2D eigenvalue weighted by Gasteiger charge is 2.27. The van der Waals surface area contributed by atoms with Crippen molar-refractivity contribution in [1.82, 2.24) is 10.2 Å². The molecule has 0 saturated carbocycles. The first-order valence-corrected chi connectivity index (χ1v) is 6.63. The lowest BCUT2D eigenvalue weighted by Gasteiger charge is -2.21. The SMILES string of the molecule is CN(C)CCc1ccc(C2CCC(=O)NC2=O)cc1. The summed E-state index contributed by atoms with van der Waals surface area (Å²) in [4.78, 5) is 25.0. The Morgan fingerprint density at radius 1 is 1.21 bits per heavy atom. The van der Waals surface area contributed by atoms with Gasteiger partial charge >= 0.3 is 0 Å². The van der Waals surface area contributed by atoms with Gasteiger partial charge in [0.25, 0.3) is 0 Å². The van der Waals surface area contributed by atoms with Crippen LogP contribution in [0.3, 0.4) is 0 Å². The number of benzene rings is 1. The molecule has 0 bridgehead atoms. The predicted molar refractivity (Wildman–Crippen MR) is 73.8 cm³/mol. The van der Waals surface area contributed by atoms with E-state index in [0.717, 1.165) is 18.5 Å². The maximum Gasteiger partial charge on any atom is 0.234 e. The third-order valence-corrected chi connectivity index (χ3v) is 3.47. The molecular weight excluding hydrogens is 240 g/mol. The highest BCUT2D eigenvalue weighted by molar-refractivity contribution is 6.00. The molecule has 2 amide bonds. The van der Waals surface area contributed by atoms with Crippen LogP contribution in [0.1, 0.15) is 29.9 Å². The topological polar surface area (TPSA) is 49.4 Å². The molecule has 1 N–H and O–H groups in total.